The lowest BCUT2D eigenvalue weighted by molar-refractivity contribution is -0.121. The smallest absolute Gasteiger partial charge is 0.265 e. The average Bonchev–Trinajstić information content (AvgIpc) is 2.40. The van der Waals surface area contributed by atoms with Crippen molar-refractivity contribution in [2.24, 2.45) is 0 Å². The Balaban J connectivity index is 3.65. The number of ether oxygens (including phenoxy) is 3. The van der Waals surface area contributed by atoms with Gasteiger partial charge in [0.2, 0.25) is 5.76 Å². The number of methoxy groups -OCH3 is 1. The van der Waals surface area contributed by atoms with E-state index in [1.54, 1.807) is 27.7 Å². The van der Waals surface area contributed by atoms with Gasteiger partial charge in [-0.25, -0.2) is 0 Å². The molecule has 5 heteroatoms. The minimum atomic E-state index is -1.63. The van der Waals surface area contributed by atoms with Crippen molar-refractivity contribution in [2.75, 3.05) is 7.11 Å². The van der Waals surface area contributed by atoms with Gasteiger partial charge in [-0.15, -0.1) is 0 Å². The highest BCUT2D eigenvalue weighted by Gasteiger charge is 2.49. The predicted molar refractivity (Wildman–Crippen MR) is 83.9 cm³/mol. The van der Waals surface area contributed by atoms with Crippen LogP contribution in [0.3, 0.4) is 0 Å². The molecule has 0 amide bonds. The lowest BCUT2D eigenvalue weighted by Crippen LogP contribution is -2.43. The van der Waals surface area contributed by atoms with Crippen molar-refractivity contribution in [3.05, 3.63) is 35.0 Å². The van der Waals surface area contributed by atoms with Gasteiger partial charge < -0.3 is 19.3 Å². The third kappa shape index (κ3) is 3.04. The molecule has 5 nitrogen and oxygen atoms in total. The molecule has 0 fully saturated rings. The monoisotopic (exact) mass is 310 g/mol. The fourth-order valence-corrected chi connectivity index (χ4v) is 2.35. The van der Waals surface area contributed by atoms with Gasteiger partial charge in [-0.3, -0.25) is 4.79 Å². The maximum Gasteiger partial charge on any atom is 0.265 e. The van der Waals surface area contributed by atoms with E-state index in [0.29, 0.717) is 11.1 Å². The maximum atomic E-state index is 12.6. The van der Waals surface area contributed by atoms with Gasteiger partial charge in [-0.1, -0.05) is 6.58 Å². The molecule has 1 aliphatic carbocycles. The molecule has 0 saturated carbocycles. The molecule has 1 N–H and O–H groups in total. The van der Waals surface area contributed by atoms with E-state index in [4.69, 9.17) is 14.2 Å². The predicted octanol–water partition coefficient (Wildman–Crippen LogP) is 2.86. The van der Waals surface area contributed by atoms with Gasteiger partial charge in [0.05, 0.1) is 19.3 Å². The zero-order valence-electron chi connectivity index (χ0n) is 14.4. The number of aliphatic hydroxyl groups is 1. The molecule has 124 valence electrons. The van der Waals surface area contributed by atoms with Crippen LogP contribution in [0, 0.1) is 0 Å². The highest BCUT2D eigenvalue weighted by molar-refractivity contribution is 6.08. The Kier molecular flexibility index (Phi) is 5.46. The summed E-state index contributed by atoms with van der Waals surface area (Å²) in [6.45, 7) is 14.4. The molecule has 0 saturated heterocycles. The van der Waals surface area contributed by atoms with Crippen molar-refractivity contribution in [3.63, 3.8) is 0 Å². The summed E-state index contributed by atoms with van der Waals surface area (Å²) in [5.74, 6) is -0.337. The quantitative estimate of drug-likeness (QED) is 0.764. The summed E-state index contributed by atoms with van der Waals surface area (Å²) in [7, 11) is 1.39. The Hall–Kier alpha value is -1.75. The second kappa shape index (κ2) is 6.57. The normalized spacial score (nSPS) is 22.5. The minimum absolute atomic E-state index is 0.0309. The van der Waals surface area contributed by atoms with E-state index in [1.807, 2.05) is 13.8 Å². The van der Waals surface area contributed by atoms with Crippen LogP contribution in [0.25, 0.3) is 0 Å². The van der Waals surface area contributed by atoms with Crippen LogP contribution in [0.2, 0.25) is 0 Å². The maximum absolute atomic E-state index is 12.6. The van der Waals surface area contributed by atoms with Crippen molar-refractivity contribution in [1.29, 1.82) is 0 Å². The van der Waals surface area contributed by atoms with Crippen LogP contribution in [0.4, 0.5) is 0 Å². The summed E-state index contributed by atoms with van der Waals surface area (Å²) in [6.07, 6.45) is -0.494. The summed E-state index contributed by atoms with van der Waals surface area (Å²) in [6, 6.07) is 0. The lowest BCUT2D eigenvalue weighted by Gasteiger charge is -2.38. The fraction of sp³-hybridized carbons (Fsp3) is 0.588. The van der Waals surface area contributed by atoms with Crippen LogP contribution in [0.1, 0.15) is 41.5 Å². The second-order valence-electron chi connectivity index (χ2n) is 5.97. The molecule has 1 rings (SSSR count). The van der Waals surface area contributed by atoms with Crippen molar-refractivity contribution in [2.45, 2.75) is 59.4 Å². The Morgan fingerprint density at radius 2 is 1.64 bits per heavy atom. The van der Waals surface area contributed by atoms with Crippen molar-refractivity contribution in [1.82, 2.24) is 0 Å². The second-order valence-corrected chi connectivity index (χ2v) is 5.97. The van der Waals surface area contributed by atoms with E-state index in [9.17, 15) is 9.90 Å². The topological polar surface area (TPSA) is 65.0 Å². The van der Waals surface area contributed by atoms with Gasteiger partial charge in [-0.05, 0) is 47.1 Å². The van der Waals surface area contributed by atoms with Gasteiger partial charge in [0.15, 0.2) is 17.1 Å². The molecule has 22 heavy (non-hydrogen) atoms. The van der Waals surface area contributed by atoms with Gasteiger partial charge in [0.1, 0.15) is 0 Å². The molecule has 1 aliphatic rings. The van der Waals surface area contributed by atoms with Gasteiger partial charge in [-0.2, -0.15) is 0 Å². The first kappa shape index (κ1) is 18.3. The van der Waals surface area contributed by atoms with E-state index in [-0.39, 0.29) is 29.5 Å². The van der Waals surface area contributed by atoms with Crippen LogP contribution < -0.4 is 0 Å². The molecule has 0 aromatic carbocycles. The first-order valence-electron chi connectivity index (χ1n) is 7.33. The van der Waals surface area contributed by atoms with Crippen molar-refractivity contribution < 1.29 is 24.1 Å². The van der Waals surface area contributed by atoms with E-state index < -0.39 is 11.4 Å². The third-order valence-electron chi connectivity index (χ3n) is 3.36. The molecule has 0 heterocycles. The molecule has 0 aromatic rings. The van der Waals surface area contributed by atoms with Crippen LogP contribution in [0.15, 0.2) is 35.0 Å². The van der Waals surface area contributed by atoms with Crippen molar-refractivity contribution >= 4 is 5.78 Å². The van der Waals surface area contributed by atoms with Gasteiger partial charge in [0, 0.05) is 5.57 Å². The first-order chi connectivity index (χ1) is 10.1. The van der Waals surface area contributed by atoms with Crippen LogP contribution in [0.5, 0.6) is 0 Å². The van der Waals surface area contributed by atoms with Crippen LogP contribution in [-0.4, -0.2) is 35.8 Å². The largest absolute Gasteiger partial charge is 0.492 e. The molecule has 0 spiro atoms. The van der Waals surface area contributed by atoms with E-state index >= 15 is 0 Å². The van der Waals surface area contributed by atoms with Gasteiger partial charge >= 0.3 is 0 Å². The SMILES string of the molecule is C=C(C)[C@@]1(O)C(C)=C(OC)C(=O)C(OC(C)C)=C1OC(C)C. The summed E-state index contributed by atoms with van der Waals surface area (Å²) in [5.41, 5.74) is -0.861. The Morgan fingerprint density at radius 1 is 1.14 bits per heavy atom. The highest BCUT2D eigenvalue weighted by atomic mass is 16.5. The number of carbonyl (C=O) groups excluding carboxylic acids is 1. The van der Waals surface area contributed by atoms with E-state index in [1.165, 1.54) is 7.11 Å². The zero-order chi connectivity index (χ0) is 17.2. The van der Waals surface area contributed by atoms with Crippen LogP contribution in [-0.2, 0) is 19.0 Å². The molecule has 0 aliphatic heterocycles. The van der Waals surface area contributed by atoms with E-state index in [2.05, 4.69) is 6.58 Å². The third-order valence-corrected chi connectivity index (χ3v) is 3.36. The fourth-order valence-electron chi connectivity index (χ4n) is 2.35. The number of hydrogen-bond donors (Lipinski definition) is 1. The number of carbonyl (C=O) groups is 1. The Bertz CT molecular complexity index is 539. The summed E-state index contributed by atoms with van der Waals surface area (Å²) in [5, 5.41) is 11.2. The molecular formula is C17H26O5. The summed E-state index contributed by atoms with van der Waals surface area (Å²) >= 11 is 0. The lowest BCUT2D eigenvalue weighted by atomic mass is 9.80. The van der Waals surface area contributed by atoms with Crippen molar-refractivity contribution in [3.8, 4) is 0 Å². The molecule has 0 radical (unpaired) electrons. The highest BCUT2D eigenvalue weighted by Crippen LogP contribution is 2.42. The number of ketones is 1. The van der Waals surface area contributed by atoms with Crippen LogP contribution >= 0.6 is 0 Å². The summed E-state index contributed by atoms with van der Waals surface area (Å²) < 4.78 is 16.6. The molecule has 1 atom stereocenters. The first-order valence-corrected chi connectivity index (χ1v) is 7.33. The number of rotatable bonds is 6. The Labute approximate surface area is 132 Å². The molecule has 0 bridgehead atoms. The van der Waals surface area contributed by atoms with Gasteiger partial charge in [0.25, 0.3) is 5.78 Å². The number of Topliss-reactive ketones (excluding diaryl/α,β-unsaturated/α-hetero) is 1. The molecule has 0 unspecified atom stereocenters. The average molecular weight is 310 g/mol. The van der Waals surface area contributed by atoms with E-state index in [0.717, 1.165) is 0 Å². The molecular weight excluding hydrogens is 284 g/mol. The standard InChI is InChI=1S/C17H26O5/c1-9(2)17(19)12(7)14(20-8)13(18)15(21-10(3)4)16(17)22-11(5)6/h10-11,19H,1H2,2-8H3/t17-/m1/s1. The summed E-state index contributed by atoms with van der Waals surface area (Å²) in [4.78, 5) is 12.6. The minimum Gasteiger partial charge on any atom is -0.492 e. The Morgan fingerprint density at radius 3 is 2.00 bits per heavy atom. The zero-order valence-corrected chi connectivity index (χ0v) is 14.4. The number of hydrogen-bond acceptors (Lipinski definition) is 5. The molecule has 0 aromatic heterocycles.